The van der Waals surface area contributed by atoms with Gasteiger partial charge in [0.2, 0.25) is 0 Å². The summed E-state index contributed by atoms with van der Waals surface area (Å²) in [5, 5.41) is 1.05. The quantitative estimate of drug-likeness (QED) is 0.873. The Morgan fingerprint density at radius 2 is 1.88 bits per heavy atom. The minimum atomic E-state index is 0. The van der Waals surface area contributed by atoms with Gasteiger partial charge in [0.05, 0.1) is 12.1 Å². The van der Waals surface area contributed by atoms with Gasteiger partial charge < -0.3 is 10.5 Å². The summed E-state index contributed by atoms with van der Waals surface area (Å²) in [6.45, 7) is 1.31. The minimum absolute atomic E-state index is 0. The van der Waals surface area contributed by atoms with Gasteiger partial charge in [0.25, 0.3) is 0 Å². The van der Waals surface area contributed by atoms with Gasteiger partial charge in [-0.15, -0.1) is 24.8 Å². The maximum Gasteiger partial charge on any atom is 0.130 e. The number of halogens is 2. The third-order valence-electron chi connectivity index (χ3n) is 2.22. The maximum atomic E-state index is 5.64. The lowest BCUT2D eigenvalue weighted by Crippen LogP contribution is -2.06. The number of nitrogens with zero attached hydrogens (tertiary/aromatic N) is 1. The number of fused-ring (bicyclic) bond motifs is 1. The van der Waals surface area contributed by atoms with Crippen molar-refractivity contribution in [3.8, 4) is 5.75 Å². The first-order valence-corrected chi connectivity index (χ1v) is 5.08. The first-order valence-electron chi connectivity index (χ1n) is 5.08. The van der Waals surface area contributed by atoms with E-state index in [1.54, 1.807) is 6.20 Å². The van der Waals surface area contributed by atoms with Crippen molar-refractivity contribution in [1.82, 2.24) is 4.98 Å². The van der Waals surface area contributed by atoms with Crippen LogP contribution in [0.25, 0.3) is 10.9 Å². The van der Waals surface area contributed by atoms with Crippen LogP contribution in [0.15, 0.2) is 36.5 Å². The molecule has 0 aliphatic carbocycles. The molecule has 5 heteroatoms. The predicted molar refractivity (Wildman–Crippen MR) is 75.4 cm³/mol. The molecule has 1 aromatic heterocycles. The number of rotatable bonds is 4. The second-order valence-corrected chi connectivity index (χ2v) is 3.32. The number of hydrogen-bond donors (Lipinski definition) is 1. The monoisotopic (exact) mass is 274 g/mol. The third-order valence-corrected chi connectivity index (χ3v) is 2.22. The molecule has 0 spiro atoms. The molecule has 0 atom stereocenters. The molecular weight excluding hydrogens is 259 g/mol. The summed E-state index contributed by atoms with van der Waals surface area (Å²) in [6.07, 6.45) is 2.64. The lowest BCUT2D eigenvalue weighted by Gasteiger charge is -2.07. The van der Waals surface area contributed by atoms with E-state index in [2.05, 4.69) is 4.98 Å². The van der Waals surface area contributed by atoms with Crippen LogP contribution in [0.1, 0.15) is 6.42 Å². The van der Waals surface area contributed by atoms with Crippen LogP contribution in [0.5, 0.6) is 5.75 Å². The van der Waals surface area contributed by atoms with E-state index < -0.39 is 0 Å². The molecule has 0 saturated heterocycles. The molecule has 0 unspecified atom stereocenters. The van der Waals surface area contributed by atoms with Crippen LogP contribution in [0, 0.1) is 0 Å². The standard InChI is InChI=1S/C12H14N2O.2ClH/c13-7-3-9-15-12-6-8-14-11-5-2-1-4-10(11)12;;/h1-2,4-6,8H,3,7,9,13H2;2*1H. The number of nitrogens with two attached hydrogens (primary N) is 1. The second kappa shape index (κ2) is 8.12. The van der Waals surface area contributed by atoms with Gasteiger partial charge in [-0.3, -0.25) is 4.98 Å². The summed E-state index contributed by atoms with van der Waals surface area (Å²) >= 11 is 0. The summed E-state index contributed by atoms with van der Waals surface area (Å²) < 4.78 is 5.64. The van der Waals surface area contributed by atoms with Gasteiger partial charge >= 0.3 is 0 Å². The number of ether oxygens (including phenoxy) is 1. The van der Waals surface area contributed by atoms with Gasteiger partial charge in [-0.25, -0.2) is 0 Å². The Balaban J connectivity index is 0.00000128. The third kappa shape index (κ3) is 4.04. The van der Waals surface area contributed by atoms with Crippen molar-refractivity contribution in [2.24, 2.45) is 5.73 Å². The van der Waals surface area contributed by atoms with E-state index in [1.807, 2.05) is 30.3 Å². The highest BCUT2D eigenvalue weighted by molar-refractivity contribution is 5.86. The Bertz CT molecular complexity index is 446. The number of hydrogen-bond acceptors (Lipinski definition) is 3. The van der Waals surface area contributed by atoms with E-state index in [4.69, 9.17) is 10.5 Å². The van der Waals surface area contributed by atoms with Crippen LogP contribution in [0.3, 0.4) is 0 Å². The SMILES string of the molecule is Cl.Cl.NCCCOc1ccnc2ccccc12. The van der Waals surface area contributed by atoms with Crippen molar-refractivity contribution in [2.75, 3.05) is 13.2 Å². The Morgan fingerprint density at radius 1 is 1.12 bits per heavy atom. The molecular formula is C12H16Cl2N2O. The summed E-state index contributed by atoms with van der Waals surface area (Å²) in [7, 11) is 0. The first kappa shape index (κ1) is 16.0. The van der Waals surface area contributed by atoms with Gasteiger partial charge in [0.1, 0.15) is 5.75 Å². The number of pyridine rings is 1. The molecule has 94 valence electrons. The molecule has 0 aliphatic heterocycles. The molecule has 0 saturated carbocycles. The van der Waals surface area contributed by atoms with E-state index >= 15 is 0 Å². The van der Waals surface area contributed by atoms with Gasteiger partial charge in [-0.1, -0.05) is 12.1 Å². The van der Waals surface area contributed by atoms with E-state index in [0.29, 0.717) is 13.2 Å². The molecule has 0 amide bonds. The van der Waals surface area contributed by atoms with Crippen molar-refractivity contribution in [1.29, 1.82) is 0 Å². The summed E-state index contributed by atoms with van der Waals surface area (Å²) in [5.74, 6) is 0.883. The van der Waals surface area contributed by atoms with Crippen LogP contribution in [-0.4, -0.2) is 18.1 Å². The van der Waals surface area contributed by atoms with E-state index in [1.165, 1.54) is 0 Å². The van der Waals surface area contributed by atoms with Crippen molar-refractivity contribution in [3.63, 3.8) is 0 Å². The maximum absolute atomic E-state index is 5.64. The Morgan fingerprint density at radius 3 is 2.65 bits per heavy atom. The number of aromatic nitrogens is 1. The summed E-state index contributed by atoms with van der Waals surface area (Å²) in [6, 6.07) is 9.84. The highest BCUT2D eigenvalue weighted by atomic mass is 35.5. The average molecular weight is 275 g/mol. The molecule has 3 nitrogen and oxygen atoms in total. The topological polar surface area (TPSA) is 48.1 Å². The lowest BCUT2D eigenvalue weighted by molar-refractivity contribution is 0.317. The lowest BCUT2D eigenvalue weighted by atomic mass is 10.2. The largest absolute Gasteiger partial charge is 0.493 e. The average Bonchev–Trinajstić information content (AvgIpc) is 2.30. The van der Waals surface area contributed by atoms with E-state index in [0.717, 1.165) is 23.1 Å². The second-order valence-electron chi connectivity index (χ2n) is 3.32. The van der Waals surface area contributed by atoms with Gasteiger partial charge in [0.15, 0.2) is 0 Å². The number of benzene rings is 1. The Labute approximate surface area is 113 Å². The number of para-hydroxylation sites is 1. The Hall–Kier alpha value is -1.03. The van der Waals surface area contributed by atoms with Crippen molar-refractivity contribution in [3.05, 3.63) is 36.5 Å². The van der Waals surface area contributed by atoms with Crippen molar-refractivity contribution in [2.45, 2.75) is 6.42 Å². The molecule has 1 aromatic carbocycles. The molecule has 1 heterocycles. The molecule has 2 N–H and O–H groups in total. The zero-order valence-corrected chi connectivity index (χ0v) is 11.0. The highest BCUT2D eigenvalue weighted by Gasteiger charge is 2.00. The molecule has 0 bridgehead atoms. The fourth-order valence-corrected chi connectivity index (χ4v) is 1.46. The zero-order chi connectivity index (χ0) is 10.5. The zero-order valence-electron chi connectivity index (χ0n) is 9.33. The summed E-state index contributed by atoms with van der Waals surface area (Å²) in [4.78, 5) is 4.27. The smallest absolute Gasteiger partial charge is 0.130 e. The van der Waals surface area contributed by atoms with Gasteiger partial charge in [0, 0.05) is 11.6 Å². The molecule has 0 aliphatic rings. The van der Waals surface area contributed by atoms with E-state index in [-0.39, 0.29) is 24.8 Å². The van der Waals surface area contributed by atoms with Crippen LogP contribution in [0.2, 0.25) is 0 Å². The molecule has 0 radical (unpaired) electrons. The van der Waals surface area contributed by atoms with Crippen LogP contribution >= 0.6 is 24.8 Å². The van der Waals surface area contributed by atoms with Gasteiger partial charge in [-0.05, 0) is 31.2 Å². The van der Waals surface area contributed by atoms with Crippen LogP contribution in [0.4, 0.5) is 0 Å². The molecule has 0 fully saturated rings. The fraction of sp³-hybridized carbons (Fsp3) is 0.250. The highest BCUT2D eigenvalue weighted by Crippen LogP contribution is 2.23. The van der Waals surface area contributed by atoms with Crippen molar-refractivity contribution >= 4 is 35.7 Å². The molecule has 2 rings (SSSR count). The fourth-order valence-electron chi connectivity index (χ4n) is 1.46. The minimum Gasteiger partial charge on any atom is -0.493 e. The first-order chi connectivity index (χ1) is 7.42. The molecule has 17 heavy (non-hydrogen) atoms. The van der Waals surface area contributed by atoms with Crippen LogP contribution in [-0.2, 0) is 0 Å². The van der Waals surface area contributed by atoms with Crippen molar-refractivity contribution < 1.29 is 4.74 Å². The van der Waals surface area contributed by atoms with Gasteiger partial charge in [-0.2, -0.15) is 0 Å². The predicted octanol–water partition coefficient (Wildman–Crippen LogP) is 2.81. The normalized spacial score (nSPS) is 9.24. The molecule has 2 aromatic rings. The van der Waals surface area contributed by atoms with Crippen LogP contribution < -0.4 is 10.5 Å². The van der Waals surface area contributed by atoms with E-state index in [9.17, 15) is 0 Å². The summed E-state index contributed by atoms with van der Waals surface area (Å²) in [5.41, 5.74) is 6.37. The Kier molecular flexibility index (Phi) is 7.63.